The molecule has 0 bridgehead atoms. The number of para-hydroxylation sites is 1. The Bertz CT molecular complexity index is 967. The van der Waals surface area contributed by atoms with Gasteiger partial charge in [-0.2, -0.15) is 14.9 Å². The quantitative estimate of drug-likeness (QED) is 0.515. The van der Waals surface area contributed by atoms with Crippen LogP contribution in [-0.2, 0) is 0 Å². The van der Waals surface area contributed by atoms with E-state index < -0.39 is 0 Å². The van der Waals surface area contributed by atoms with Crippen LogP contribution in [0, 0.1) is 10.6 Å². The van der Waals surface area contributed by atoms with Gasteiger partial charge in [-0.25, -0.2) is 9.49 Å². The molecular formula is C16H12BrFN4OS. The highest BCUT2D eigenvalue weighted by atomic mass is 79.9. The Morgan fingerprint density at radius 3 is 2.92 bits per heavy atom. The lowest BCUT2D eigenvalue weighted by molar-refractivity contribution is 0.416. The van der Waals surface area contributed by atoms with Crippen molar-refractivity contribution in [2.24, 2.45) is 5.10 Å². The molecule has 2 aromatic carbocycles. The predicted octanol–water partition coefficient (Wildman–Crippen LogP) is 4.40. The summed E-state index contributed by atoms with van der Waals surface area (Å²) in [5.74, 6) is 0.733. The summed E-state index contributed by atoms with van der Waals surface area (Å²) in [4.78, 5) is 0. The van der Waals surface area contributed by atoms with Gasteiger partial charge < -0.3 is 4.74 Å². The van der Waals surface area contributed by atoms with E-state index in [0.717, 1.165) is 10.0 Å². The fourth-order valence-corrected chi connectivity index (χ4v) is 2.69. The molecular weight excluding hydrogens is 395 g/mol. The molecule has 0 unspecified atom stereocenters. The normalized spacial score (nSPS) is 11.1. The highest BCUT2D eigenvalue weighted by Gasteiger charge is 2.13. The summed E-state index contributed by atoms with van der Waals surface area (Å²) in [7, 11) is 1.57. The number of nitrogens with one attached hydrogen (secondary N) is 1. The van der Waals surface area contributed by atoms with Crippen molar-refractivity contribution in [2.75, 3.05) is 7.11 Å². The van der Waals surface area contributed by atoms with Gasteiger partial charge in [0.15, 0.2) is 5.82 Å². The molecule has 0 saturated heterocycles. The molecule has 0 radical (unpaired) electrons. The first-order chi connectivity index (χ1) is 11.6. The average molecular weight is 407 g/mol. The number of hydrogen-bond donors (Lipinski definition) is 1. The van der Waals surface area contributed by atoms with Crippen molar-refractivity contribution in [1.82, 2.24) is 14.9 Å². The first-order valence-corrected chi connectivity index (χ1v) is 8.10. The van der Waals surface area contributed by atoms with Crippen LogP contribution in [0.3, 0.4) is 0 Å². The zero-order valence-corrected chi connectivity index (χ0v) is 14.9. The van der Waals surface area contributed by atoms with E-state index in [0.29, 0.717) is 21.9 Å². The molecule has 24 heavy (non-hydrogen) atoms. The maximum atomic E-state index is 13.9. The fourth-order valence-electron chi connectivity index (χ4n) is 2.14. The van der Waals surface area contributed by atoms with E-state index in [-0.39, 0.29) is 5.82 Å². The number of nitrogens with zero attached hydrogens (tertiary/aromatic N) is 3. The zero-order valence-electron chi connectivity index (χ0n) is 12.5. The number of ether oxygens (including phenoxy) is 1. The summed E-state index contributed by atoms with van der Waals surface area (Å²) in [5.41, 5.74) is 1.05. The van der Waals surface area contributed by atoms with E-state index in [1.54, 1.807) is 19.2 Å². The molecule has 0 atom stereocenters. The Kier molecular flexibility index (Phi) is 4.86. The minimum absolute atomic E-state index is 0.294. The van der Waals surface area contributed by atoms with Crippen LogP contribution in [0.25, 0.3) is 11.4 Å². The number of rotatable bonds is 4. The molecule has 8 heteroatoms. The topological polar surface area (TPSA) is 55.2 Å². The maximum Gasteiger partial charge on any atom is 0.216 e. The van der Waals surface area contributed by atoms with Crippen molar-refractivity contribution < 1.29 is 9.13 Å². The van der Waals surface area contributed by atoms with E-state index in [4.69, 9.17) is 17.0 Å². The summed E-state index contributed by atoms with van der Waals surface area (Å²) in [5, 5.41) is 11.2. The second kappa shape index (κ2) is 7.06. The van der Waals surface area contributed by atoms with Gasteiger partial charge in [-0.1, -0.05) is 28.1 Å². The molecule has 0 fully saturated rings. The van der Waals surface area contributed by atoms with Gasteiger partial charge in [0.2, 0.25) is 4.77 Å². The lowest BCUT2D eigenvalue weighted by Crippen LogP contribution is -1.98. The first kappa shape index (κ1) is 16.5. The van der Waals surface area contributed by atoms with Gasteiger partial charge in [0, 0.05) is 10.0 Å². The minimum atomic E-state index is -0.379. The van der Waals surface area contributed by atoms with Crippen LogP contribution in [0.15, 0.2) is 52.0 Å². The van der Waals surface area contributed by atoms with Crippen LogP contribution in [-0.4, -0.2) is 28.2 Å². The molecule has 122 valence electrons. The van der Waals surface area contributed by atoms with Crippen molar-refractivity contribution in [1.29, 1.82) is 0 Å². The highest BCUT2D eigenvalue weighted by Crippen LogP contribution is 2.28. The Morgan fingerprint density at radius 1 is 1.33 bits per heavy atom. The molecule has 5 nitrogen and oxygen atoms in total. The third-order valence-corrected chi connectivity index (χ3v) is 4.03. The number of aromatic nitrogens is 3. The number of benzene rings is 2. The lowest BCUT2D eigenvalue weighted by atomic mass is 10.2. The second-order valence-electron chi connectivity index (χ2n) is 4.77. The molecule has 1 heterocycles. The predicted molar refractivity (Wildman–Crippen MR) is 96.5 cm³/mol. The van der Waals surface area contributed by atoms with Crippen LogP contribution in [0.1, 0.15) is 5.56 Å². The highest BCUT2D eigenvalue weighted by molar-refractivity contribution is 9.10. The molecule has 0 aliphatic carbocycles. The molecule has 0 amide bonds. The Hall–Kier alpha value is -2.32. The third-order valence-electron chi connectivity index (χ3n) is 3.27. The average Bonchev–Trinajstić information content (AvgIpc) is 2.96. The second-order valence-corrected chi connectivity index (χ2v) is 6.08. The summed E-state index contributed by atoms with van der Waals surface area (Å²) < 4.78 is 21.7. The molecule has 3 rings (SSSR count). The van der Waals surface area contributed by atoms with Crippen LogP contribution in [0.2, 0.25) is 0 Å². The molecule has 1 N–H and O–H groups in total. The van der Waals surface area contributed by atoms with E-state index in [2.05, 4.69) is 31.2 Å². The van der Waals surface area contributed by atoms with E-state index in [9.17, 15) is 4.39 Å². The third kappa shape index (κ3) is 3.29. The van der Waals surface area contributed by atoms with Crippen molar-refractivity contribution in [2.45, 2.75) is 0 Å². The van der Waals surface area contributed by atoms with E-state index in [1.165, 1.54) is 17.0 Å². The number of halogens is 2. The fraction of sp³-hybridized carbons (Fsp3) is 0.0625. The summed E-state index contributed by atoms with van der Waals surface area (Å²) in [6, 6.07) is 12.0. The Morgan fingerprint density at radius 2 is 2.12 bits per heavy atom. The zero-order chi connectivity index (χ0) is 17.1. The molecule has 0 aliphatic rings. The molecule has 3 aromatic rings. The van der Waals surface area contributed by atoms with Gasteiger partial charge in [-0.15, -0.1) is 0 Å². The van der Waals surface area contributed by atoms with Crippen molar-refractivity contribution in [3.8, 4) is 17.1 Å². The molecule has 0 spiro atoms. The molecule has 0 aliphatic heterocycles. The van der Waals surface area contributed by atoms with Gasteiger partial charge in [0.05, 0.1) is 18.9 Å². The number of hydrogen-bond acceptors (Lipinski definition) is 4. The smallest absolute Gasteiger partial charge is 0.216 e. The summed E-state index contributed by atoms with van der Waals surface area (Å²) in [6.45, 7) is 0. The SMILES string of the molecule is COc1ccccc1-c1n[nH]c(=S)n1N=Cc1cc(Br)ccc1F. The van der Waals surface area contributed by atoms with Crippen molar-refractivity contribution in [3.63, 3.8) is 0 Å². The van der Waals surface area contributed by atoms with Crippen molar-refractivity contribution in [3.05, 3.63) is 63.1 Å². The van der Waals surface area contributed by atoms with E-state index in [1.807, 2.05) is 24.3 Å². The molecule has 1 aromatic heterocycles. The first-order valence-electron chi connectivity index (χ1n) is 6.90. The van der Waals surface area contributed by atoms with Gasteiger partial charge in [-0.3, -0.25) is 0 Å². The van der Waals surface area contributed by atoms with Gasteiger partial charge >= 0.3 is 0 Å². The van der Waals surface area contributed by atoms with Crippen LogP contribution < -0.4 is 4.74 Å². The van der Waals surface area contributed by atoms with Crippen LogP contribution >= 0.6 is 28.1 Å². The number of aromatic amines is 1. The largest absolute Gasteiger partial charge is 0.496 e. The van der Waals surface area contributed by atoms with Crippen LogP contribution in [0.5, 0.6) is 5.75 Å². The molecule has 0 saturated carbocycles. The monoisotopic (exact) mass is 406 g/mol. The summed E-state index contributed by atoms with van der Waals surface area (Å²) >= 11 is 8.52. The van der Waals surface area contributed by atoms with E-state index >= 15 is 0 Å². The minimum Gasteiger partial charge on any atom is -0.496 e. The summed E-state index contributed by atoms with van der Waals surface area (Å²) in [6.07, 6.45) is 1.39. The van der Waals surface area contributed by atoms with Crippen molar-refractivity contribution >= 4 is 34.4 Å². The van der Waals surface area contributed by atoms with Gasteiger partial charge in [0.1, 0.15) is 11.6 Å². The number of H-pyrrole nitrogens is 1. The Labute approximate surface area is 150 Å². The Balaban J connectivity index is 2.07. The standard InChI is InChI=1S/C16H12BrFN4OS/c1-23-14-5-3-2-4-12(14)15-20-21-16(24)22(15)19-9-10-8-11(17)6-7-13(10)18/h2-9H,1H3,(H,21,24). The maximum absolute atomic E-state index is 13.9. The van der Waals surface area contributed by atoms with Gasteiger partial charge in [-0.05, 0) is 42.5 Å². The van der Waals surface area contributed by atoms with Crippen LogP contribution in [0.4, 0.5) is 4.39 Å². The lowest BCUT2D eigenvalue weighted by Gasteiger charge is -2.06. The van der Waals surface area contributed by atoms with Gasteiger partial charge in [0.25, 0.3) is 0 Å². The number of methoxy groups -OCH3 is 1.